The molecule has 1 aliphatic rings. The van der Waals surface area contributed by atoms with Gasteiger partial charge >= 0.3 is 0 Å². The molecule has 2 aromatic rings. The summed E-state index contributed by atoms with van der Waals surface area (Å²) in [5, 5.41) is 26.1. The van der Waals surface area contributed by atoms with Gasteiger partial charge in [-0.05, 0) is 24.7 Å². The van der Waals surface area contributed by atoms with E-state index in [-0.39, 0.29) is 5.75 Å². The largest absolute Gasteiger partial charge is 0.655 e. The number of nitrogens with one attached hydrogen (secondary N) is 1. The number of benzene rings is 1. The minimum atomic E-state index is 0.175. The molecule has 0 spiro atoms. The van der Waals surface area contributed by atoms with Crippen molar-refractivity contribution >= 4 is 11.5 Å². The van der Waals surface area contributed by atoms with Crippen LogP contribution in [0.3, 0.4) is 0 Å². The van der Waals surface area contributed by atoms with Gasteiger partial charge in [-0.3, -0.25) is 0 Å². The molecule has 0 radical (unpaired) electrons. The van der Waals surface area contributed by atoms with Crippen LogP contribution in [0.2, 0.25) is 0 Å². The van der Waals surface area contributed by atoms with Crippen molar-refractivity contribution in [3.63, 3.8) is 0 Å². The second kappa shape index (κ2) is 6.83. The Hall–Kier alpha value is -2.34. The summed E-state index contributed by atoms with van der Waals surface area (Å²) in [5.74, 6) is 0.531. The van der Waals surface area contributed by atoms with E-state index < -0.39 is 0 Å². The fraction of sp³-hybridized carbons (Fsp3) is 0.412. The molecule has 6 nitrogen and oxygen atoms in total. The highest BCUT2D eigenvalue weighted by Crippen LogP contribution is 2.31. The first-order chi connectivity index (χ1) is 11.2. The number of aromatic nitrogens is 2. The third kappa shape index (κ3) is 3.53. The zero-order chi connectivity index (χ0) is 16.2. The molecule has 1 aromatic carbocycles. The predicted octanol–water partition coefficient (Wildman–Crippen LogP) is 3.16. The molecule has 0 aliphatic carbocycles. The summed E-state index contributed by atoms with van der Waals surface area (Å²) < 4.78 is 0. The molecule has 0 bridgehead atoms. The Balaban J connectivity index is 1.73. The molecular weight excluding hydrogens is 290 g/mol. The lowest BCUT2D eigenvalue weighted by Crippen LogP contribution is -2.17. The Kier molecular flexibility index (Phi) is 4.62. The number of nitrogens with two attached hydrogens (primary N) is 1. The average molecular weight is 312 g/mol. The van der Waals surface area contributed by atoms with Crippen molar-refractivity contribution in [3.8, 4) is 17.0 Å². The van der Waals surface area contributed by atoms with Crippen LogP contribution >= 0.6 is 0 Å². The number of anilines is 2. The summed E-state index contributed by atoms with van der Waals surface area (Å²) in [7, 11) is 0. The monoisotopic (exact) mass is 312 g/mol. The van der Waals surface area contributed by atoms with Gasteiger partial charge < -0.3 is 21.5 Å². The first-order valence-electron chi connectivity index (χ1n) is 8.02. The molecule has 1 fully saturated rings. The summed E-state index contributed by atoms with van der Waals surface area (Å²) in [6.45, 7) is 2.92. The van der Waals surface area contributed by atoms with Crippen molar-refractivity contribution in [1.29, 1.82) is 0 Å². The second-order valence-corrected chi connectivity index (χ2v) is 5.87. The Morgan fingerprint density at radius 1 is 1.26 bits per heavy atom. The molecule has 1 aromatic heterocycles. The molecule has 1 saturated heterocycles. The highest BCUT2D eigenvalue weighted by molar-refractivity contribution is 5.73. The maximum absolute atomic E-state index is 9.95. The fourth-order valence-electron chi connectivity index (χ4n) is 2.89. The molecular formula is C17H22N5O-. The van der Waals surface area contributed by atoms with Gasteiger partial charge in [-0.1, -0.05) is 38.3 Å². The van der Waals surface area contributed by atoms with Crippen LogP contribution in [-0.2, 0) is 0 Å². The number of nitrogens with zero attached hydrogens (tertiary/aromatic N) is 3. The Labute approximate surface area is 136 Å². The van der Waals surface area contributed by atoms with E-state index in [4.69, 9.17) is 11.1 Å². The number of para-hydroxylation sites is 1. The standard InChI is InChI=1S/C17H22N5O/c1-2-11-7-8-12(20-11)10-19-15-9-14(21-22-17(15)18)13-5-3-4-6-16(13)23/h3-6,9,11-12,23H,2,7-8,10H2,1H3,(H2,18,22)(H,19,21)/q-1. The lowest BCUT2D eigenvalue weighted by Gasteiger charge is -2.29. The first kappa shape index (κ1) is 15.6. The molecule has 4 N–H and O–H groups in total. The van der Waals surface area contributed by atoms with Crippen molar-refractivity contribution in [1.82, 2.24) is 10.2 Å². The maximum atomic E-state index is 9.95. The van der Waals surface area contributed by atoms with Crippen LogP contribution in [0.4, 0.5) is 11.5 Å². The number of nitrogen functional groups attached to an aromatic ring is 1. The summed E-state index contributed by atoms with van der Waals surface area (Å²) in [5.41, 5.74) is 7.88. The molecule has 0 saturated carbocycles. The summed E-state index contributed by atoms with van der Waals surface area (Å²) in [4.78, 5) is 0. The van der Waals surface area contributed by atoms with E-state index in [0.717, 1.165) is 31.5 Å². The van der Waals surface area contributed by atoms with Crippen LogP contribution in [0.5, 0.6) is 5.75 Å². The van der Waals surface area contributed by atoms with Crippen molar-refractivity contribution < 1.29 is 5.11 Å². The van der Waals surface area contributed by atoms with Crippen molar-refractivity contribution in [2.24, 2.45) is 0 Å². The van der Waals surface area contributed by atoms with E-state index >= 15 is 0 Å². The van der Waals surface area contributed by atoms with E-state index in [2.05, 4.69) is 22.4 Å². The predicted molar refractivity (Wildman–Crippen MR) is 92.5 cm³/mol. The van der Waals surface area contributed by atoms with Gasteiger partial charge in [0, 0.05) is 5.56 Å². The van der Waals surface area contributed by atoms with Crippen LogP contribution in [0, 0.1) is 0 Å². The van der Waals surface area contributed by atoms with Gasteiger partial charge in [0.25, 0.3) is 0 Å². The van der Waals surface area contributed by atoms with Gasteiger partial charge in [0.05, 0.1) is 11.4 Å². The van der Waals surface area contributed by atoms with Gasteiger partial charge in [0.1, 0.15) is 5.75 Å². The highest BCUT2D eigenvalue weighted by Gasteiger charge is 2.13. The summed E-state index contributed by atoms with van der Waals surface area (Å²) >= 11 is 0. The lowest BCUT2D eigenvalue weighted by molar-refractivity contribution is 0.477. The number of hydrogen-bond acceptors (Lipinski definition) is 5. The van der Waals surface area contributed by atoms with Gasteiger partial charge in [-0.15, -0.1) is 22.3 Å². The van der Waals surface area contributed by atoms with E-state index in [9.17, 15) is 5.11 Å². The smallest absolute Gasteiger partial charge is 0.169 e. The molecule has 0 amide bonds. The number of hydrogen-bond donors (Lipinski definition) is 3. The van der Waals surface area contributed by atoms with Crippen molar-refractivity contribution in [3.05, 3.63) is 35.6 Å². The molecule has 2 unspecified atom stereocenters. The third-order valence-electron chi connectivity index (χ3n) is 4.26. The van der Waals surface area contributed by atoms with Gasteiger partial charge in [0.2, 0.25) is 0 Å². The summed E-state index contributed by atoms with van der Waals surface area (Å²) in [6, 6.07) is 9.69. The van der Waals surface area contributed by atoms with E-state index in [1.807, 2.05) is 12.1 Å². The van der Waals surface area contributed by atoms with E-state index in [1.54, 1.807) is 18.2 Å². The molecule has 2 atom stereocenters. The van der Waals surface area contributed by atoms with Gasteiger partial charge in [-0.2, -0.15) is 0 Å². The molecule has 23 heavy (non-hydrogen) atoms. The fourth-order valence-corrected chi connectivity index (χ4v) is 2.89. The number of aromatic hydroxyl groups is 1. The lowest BCUT2D eigenvalue weighted by atomic mass is 10.1. The SMILES string of the molecule is CCC1CCC(CNc2cc(-c3ccccc3O)nnc2N)[N-]1. The van der Waals surface area contributed by atoms with Crippen LogP contribution in [0.15, 0.2) is 30.3 Å². The van der Waals surface area contributed by atoms with Crippen LogP contribution < -0.4 is 11.1 Å². The quantitative estimate of drug-likeness (QED) is 0.787. The zero-order valence-electron chi connectivity index (χ0n) is 13.2. The minimum Gasteiger partial charge on any atom is -0.655 e. The molecule has 122 valence electrons. The number of rotatable bonds is 5. The normalized spacial score (nSPS) is 20.6. The van der Waals surface area contributed by atoms with Gasteiger partial charge in [-0.25, -0.2) is 0 Å². The molecule has 1 aliphatic heterocycles. The first-order valence-corrected chi connectivity index (χ1v) is 8.02. The van der Waals surface area contributed by atoms with Gasteiger partial charge in [0.15, 0.2) is 5.82 Å². The second-order valence-electron chi connectivity index (χ2n) is 5.87. The topological polar surface area (TPSA) is 98.2 Å². The molecule has 3 rings (SSSR count). The highest BCUT2D eigenvalue weighted by atomic mass is 16.3. The van der Waals surface area contributed by atoms with E-state index in [0.29, 0.717) is 29.2 Å². The average Bonchev–Trinajstić information content (AvgIpc) is 3.03. The van der Waals surface area contributed by atoms with Crippen molar-refractivity contribution in [2.45, 2.75) is 38.3 Å². The molecule has 2 heterocycles. The van der Waals surface area contributed by atoms with Crippen LogP contribution in [0.25, 0.3) is 16.6 Å². The Morgan fingerprint density at radius 3 is 2.78 bits per heavy atom. The Morgan fingerprint density at radius 2 is 2.04 bits per heavy atom. The van der Waals surface area contributed by atoms with Crippen LogP contribution in [-0.4, -0.2) is 33.9 Å². The van der Waals surface area contributed by atoms with E-state index in [1.165, 1.54) is 0 Å². The van der Waals surface area contributed by atoms with Crippen LogP contribution in [0.1, 0.15) is 26.2 Å². The minimum absolute atomic E-state index is 0.175. The molecule has 6 heteroatoms. The third-order valence-corrected chi connectivity index (χ3v) is 4.26. The Bertz CT molecular complexity index is 676. The summed E-state index contributed by atoms with van der Waals surface area (Å²) in [6.07, 6.45) is 3.37. The van der Waals surface area contributed by atoms with Crippen molar-refractivity contribution in [2.75, 3.05) is 17.6 Å². The maximum Gasteiger partial charge on any atom is 0.169 e. The zero-order valence-corrected chi connectivity index (χ0v) is 13.2. The number of phenolic OH excluding ortho intramolecular Hbond substituents is 1. The number of phenols is 1.